The second-order valence-corrected chi connectivity index (χ2v) is 5.96. The highest BCUT2D eigenvalue weighted by molar-refractivity contribution is 5.76. The van der Waals surface area contributed by atoms with Crippen LogP contribution in [-0.2, 0) is 9.53 Å². The van der Waals surface area contributed by atoms with Gasteiger partial charge in [-0.1, -0.05) is 0 Å². The summed E-state index contributed by atoms with van der Waals surface area (Å²) in [5, 5.41) is 8.13. The molecule has 0 N–H and O–H groups in total. The standard InChI is InChI=1S/C15H23N3O2/c1-4-5-9-15(16-17-15)10-7-13(19)18-11-6-8-14(2,12-18)20-3/h1H,5-12H2,2-3H3. The molecule has 1 fully saturated rings. The molecule has 0 aromatic heterocycles. The van der Waals surface area contributed by atoms with Crippen LogP contribution in [0.1, 0.15) is 45.4 Å². The topological polar surface area (TPSA) is 54.3 Å². The van der Waals surface area contributed by atoms with E-state index in [1.807, 2.05) is 4.90 Å². The van der Waals surface area contributed by atoms with Gasteiger partial charge in [0.1, 0.15) is 0 Å². The molecule has 1 saturated heterocycles. The molecule has 2 rings (SSSR count). The Morgan fingerprint density at radius 2 is 2.20 bits per heavy atom. The highest BCUT2D eigenvalue weighted by atomic mass is 16.5. The second kappa shape index (κ2) is 5.92. The maximum absolute atomic E-state index is 12.3. The van der Waals surface area contributed by atoms with Crippen molar-refractivity contribution >= 4 is 5.91 Å². The van der Waals surface area contributed by atoms with Gasteiger partial charge in [0.05, 0.1) is 5.60 Å². The molecule has 0 bridgehead atoms. The molecular formula is C15H23N3O2. The van der Waals surface area contributed by atoms with Gasteiger partial charge in [-0.15, -0.1) is 12.3 Å². The van der Waals surface area contributed by atoms with E-state index in [1.165, 1.54) is 0 Å². The number of hydrogen-bond acceptors (Lipinski definition) is 4. The molecule has 0 spiro atoms. The molecule has 1 amide bonds. The Labute approximate surface area is 120 Å². The number of nitrogens with zero attached hydrogens (tertiary/aromatic N) is 3. The Bertz CT molecular complexity index is 435. The van der Waals surface area contributed by atoms with E-state index in [0.717, 1.165) is 25.8 Å². The summed E-state index contributed by atoms with van der Waals surface area (Å²) in [7, 11) is 1.71. The van der Waals surface area contributed by atoms with Crippen LogP contribution in [0.2, 0.25) is 0 Å². The summed E-state index contributed by atoms with van der Waals surface area (Å²) in [6, 6.07) is 0. The average Bonchev–Trinajstić information content (AvgIpc) is 3.23. The van der Waals surface area contributed by atoms with Crippen LogP contribution in [0.15, 0.2) is 10.2 Å². The molecule has 20 heavy (non-hydrogen) atoms. The number of hydrogen-bond donors (Lipinski definition) is 0. The van der Waals surface area contributed by atoms with Crippen molar-refractivity contribution in [1.82, 2.24) is 4.90 Å². The molecule has 1 unspecified atom stereocenters. The van der Waals surface area contributed by atoms with E-state index in [-0.39, 0.29) is 17.2 Å². The van der Waals surface area contributed by atoms with Crippen molar-refractivity contribution in [2.75, 3.05) is 20.2 Å². The molecule has 2 heterocycles. The Hall–Kier alpha value is -1.41. The smallest absolute Gasteiger partial charge is 0.222 e. The third kappa shape index (κ3) is 3.57. The largest absolute Gasteiger partial charge is 0.377 e. The van der Waals surface area contributed by atoms with Crippen LogP contribution >= 0.6 is 0 Å². The van der Waals surface area contributed by atoms with E-state index in [0.29, 0.717) is 25.8 Å². The van der Waals surface area contributed by atoms with Crippen molar-refractivity contribution < 1.29 is 9.53 Å². The molecule has 0 aromatic rings. The van der Waals surface area contributed by atoms with Crippen LogP contribution in [0.4, 0.5) is 0 Å². The predicted molar refractivity (Wildman–Crippen MR) is 76.1 cm³/mol. The van der Waals surface area contributed by atoms with Crippen LogP contribution < -0.4 is 0 Å². The van der Waals surface area contributed by atoms with Crippen LogP contribution in [0.25, 0.3) is 0 Å². The third-order valence-electron chi connectivity index (χ3n) is 4.30. The number of rotatable bonds is 6. The lowest BCUT2D eigenvalue weighted by Gasteiger charge is -2.39. The molecule has 5 nitrogen and oxygen atoms in total. The maximum atomic E-state index is 12.3. The molecule has 5 heteroatoms. The lowest BCUT2D eigenvalue weighted by molar-refractivity contribution is -0.139. The van der Waals surface area contributed by atoms with Gasteiger partial charge in [0.25, 0.3) is 0 Å². The van der Waals surface area contributed by atoms with Crippen molar-refractivity contribution in [3.8, 4) is 12.3 Å². The minimum absolute atomic E-state index is 0.172. The highest BCUT2D eigenvalue weighted by Crippen LogP contribution is 2.38. The van der Waals surface area contributed by atoms with Gasteiger partial charge in [0.15, 0.2) is 5.66 Å². The van der Waals surface area contributed by atoms with Crippen molar-refractivity contribution in [1.29, 1.82) is 0 Å². The zero-order chi connectivity index (χ0) is 14.6. The summed E-state index contributed by atoms with van der Waals surface area (Å²) < 4.78 is 5.52. The normalized spacial score (nSPS) is 27.1. The summed E-state index contributed by atoms with van der Waals surface area (Å²) in [5.74, 6) is 2.77. The van der Waals surface area contributed by atoms with Gasteiger partial charge in [-0.2, -0.15) is 10.2 Å². The summed E-state index contributed by atoms with van der Waals surface area (Å²) in [4.78, 5) is 14.2. The van der Waals surface area contributed by atoms with Crippen molar-refractivity contribution in [2.45, 2.75) is 56.7 Å². The minimum Gasteiger partial charge on any atom is -0.377 e. The van der Waals surface area contributed by atoms with Gasteiger partial charge in [-0.3, -0.25) is 4.79 Å². The van der Waals surface area contributed by atoms with Crippen LogP contribution in [-0.4, -0.2) is 42.3 Å². The molecule has 2 aliphatic rings. The fourth-order valence-corrected chi connectivity index (χ4v) is 2.72. The molecule has 0 aliphatic carbocycles. The number of carbonyl (C=O) groups is 1. The first-order valence-corrected chi connectivity index (χ1v) is 7.23. The number of terminal acetylenes is 1. The fraction of sp³-hybridized carbons (Fsp3) is 0.800. The molecule has 110 valence electrons. The lowest BCUT2D eigenvalue weighted by atomic mass is 9.94. The summed E-state index contributed by atoms with van der Waals surface area (Å²) >= 11 is 0. The number of methoxy groups -OCH3 is 1. The molecular weight excluding hydrogens is 254 g/mol. The van der Waals surface area contributed by atoms with Crippen molar-refractivity contribution in [2.24, 2.45) is 10.2 Å². The lowest BCUT2D eigenvalue weighted by Crippen LogP contribution is -2.49. The average molecular weight is 277 g/mol. The quantitative estimate of drug-likeness (QED) is 0.700. The van der Waals surface area contributed by atoms with E-state index < -0.39 is 0 Å². The van der Waals surface area contributed by atoms with Crippen LogP contribution in [0.5, 0.6) is 0 Å². The minimum atomic E-state index is -0.359. The Kier molecular flexibility index (Phi) is 4.44. The molecule has 1 atom stereocenters. The van der Waals surface area contributed by atoms with Crippen LogP contribution in [0.3, 0.4) is 0 Å². The van der Waals surface area contributed by atoms with Gasteiger partial charge in [0, 0.05) is 45.9 Å². The van der Waals surface area contributed by atoms with E-state index in [9.17, 15) is 4.79 Å². The molecule has 0 aromatic carbocycles. The van der Waals surface area contributed by atoms with E-state index in [1.54, 1.807) is 7.11 Å². The van der Waals surface area contributed by atoms with Crippen molar-refractivity contribution in [3.05, 3.63) is 0 Å². The summed E-state index contributed by atoms with van der Waals surface area (Å²) in [5.41, 5.74) is -0.564. The maximum Gasteiger partial charge on any atom is 0.222 e. The number of ether oxygens (including phenoxy) is 1. The van der Waals surface area contributed by atoms with E-state index in [2.05, 4.69) is 23.1 Å². The first-order chi connectivity index (χ1) is 9.52. The van der Waals surface area contributed by atoms with E-state index >= 15 is 0 Å². The molecule has 0 radical (unpaired) electrons. The second-order valence-electron chi connectivity index (χ2n) is 5.96. The zero-order valence-corrected chi connectivity index (χ0v) is 12.4. The van der Waals surface area contributed by atoms with Gasteiger partial charge in [0.2, 0.25) is 5.91 Å². The van der Waals surface area contributed by atoms with Gasteiger partial charge in [-0.25, -0.2) is 0 Å². The van der Waals surface area contributed by atoms with Gasteiger partial charge >= 0.3 is 0 Å². The summed E-state index contributed by atoms with van der Waals surface area (Å²) in [6.45, 7) is 3.56. The third-order valence-corrected chi connectivity index (χ3v) is 4.30. The zero-order valence-electron chi connectivity index (χ0n) is 12.4. The highest BCUT2D eigenvalue weighted by Gasteiger charge is 2.40. The van der Waals surface area contributed by atoms with Crippen LogP contribution in [0, 0.1) is 12.3 Å². The Morgan fingerprint density at radius 1 is 1.45 bits per heavy atom. The van der Waals surface area contributed by atoms with Crippen molar-refractivity contribution in [3.63, 3.8) is 0 Å². The van der Waals surface area contributed by atoms with E-state index in [4.69, 9.17) is 11.2 Å². The number of likely N-dealkylation sites (tertiary alicyclic amines) is 1. The molecule has 0 saturated carbocycles. The van der Waals surface area contributed by atoms with Gasteiger partial charge in [-0.05, 0) is 19.8 Å². The molecule has 2 aliphatic heterocycles. The first-order valence-electron chi connectivity index (χ1n) is 7.23. The Morgan fingerprint density at radius 3 is 2.80 bits per heavy atom. The Balaban J connectivity index is 1.79. The van der Waals surface area contributed by atoms with Gasteiger partial charge < -0.3 is 9.64 Å². The predicted octanol–water partition coefficient (Wildman–Crippen LogP) is 2.37. The first kappa shape index (κ1) is 15.0. The fourth-order valence-electron chi connectivity index (χ4n) is 2.72. The number of amides is 1. The monoisotopic (exact) mass is 277 g/mol. The SMILES string of the molecule is C#CCCC1(CCC(=O)N2CCCC(C)(OC)C2)N=N1. The number of piperidine rings is 1. The number of carbonyl (C=O) groups excluding carboxylic acids is 1. The summed E-state index contributed by atoms with van der Waals surface area (Å²) in [6.07, 6.45) is 9.83.